The van der Waals surface area contributed by atoms with Crippen LogP contribution >= 0.6 is 23.2 Å². The third kappa shape index (κ3) is 2.65. The normalized spacial score (nSPS) is 12.5. The van der Waals surface area contributed by atoms with Gasteiger partial charge >= 0.3 is 6.18 Å². The Kier molecular flexibility index (Phi) is 4.03. The maximum absolute atomic E-state index is 13.6. The first-order valence-corrected chi connectivity index (χ1v) is 6.59. The van der Waals surface area contributed by atoms with Gasteiger partial charge in [0.05, 0.1) is 0 Å². The predicted molar refractivity (Wildman–Crippen MR) is 75.4 cm³/mol. The van der Waals surface area contributed by atoms with Crippen LogP contribution in [0.5, 0.6) is 0 Å². The fourth-order valence-electron chi connectivity index (χ4n) is 2.06. The SMILES string of the molecule is CC(c1ccc(Cl)cc1)(c1ccc(Cl)cc1)C(F)(F)F. The van der Waals surface area contributed by atoms with Gasteiger partial charge in [-0.25, -0.2) is 0 Å². The molecule has 0 bridgehead atoms. The van der Waals surface area contributed by atoms with Crippen molar-refractivity contribution in [2.24, 2.45) is 0 Å². The van der Waals surface area contributed by atoms with E-state index in [9.17, 15) is 13.2 Å². The first kappa shape index (κ1) is 15.2. The van der Waals surface area contributed by atoms with E-state index < -0.39 is 11.6 Å². The van der Waals surface area contributed by atoms with E-state index in [1.165, 1.54) is 48.5 Å². The van der Waals surface area contributed by atoms with Crippen LogP contribution in [0, 0.1) is 0 Å². The Labute approximate surface area is 125 Å². The van der Waals surface area contributed by atoms with Gasteiger partial charge in [-0.2, -0.15) is 13.2 Å². The van der Waals surface area contributed by atoms with Crippen LogP contribution in [0.15, 0.2) is 48.5 Å². The fraction of sp³-hybridized carbons (Fsp3) is 0.200. The summed E-state index contributed by atoms with van der Waals surface area (Å²) in [5.41, 5.74) is -1.84. The van der Waals surface area contributed by atoms with Crippen LogP contribution in [-0.4, -0.2) is 6.18 Å². The molecule has 0 amide bonds. The zero-order chi connectivity index (χ0) is 15.0. The number of halogens is 5. The quantitative estimate of drug-likeness (QED) is 0.650. The third-order valence-corrected chi connectivity index (χ3v) is 3.91. The maximum atomic E-state index is 13.6. The van der Waals surface area contributed by atoms with E-state index in [4.69, 9.17) is 23.2 Å². The van der Waals surface area contributed by atoms with Gasteiger partial charge in [-0.1, -0.05) is 47.5 Å². The molecule has 0 heterocycles. The Morgan fingerprint density at radius 1 is 0.700 bits per heavy atom. The van der Waals surface area contributed by atoms with Crippen LogP contribution in [0.4, 0.5) is 13.2 Å². The Morgan fingerprint density at radius 2 is 1.00 bits per heavy atom. The zero-order valence-electron chi connectivity index (χ0n) is 10.5. The average molecular weight is 319 g/mol. The molecular weight excluding hydrogens is 308 g/mol. The highest BCUT2D eigenvalue weighted by molar-refractivity contribution is 6.30. The molecule has 0 fully saturated rings. The molecule has 2 aromatic rings. The lowest BCUT2D eigenvalue weighted by molar-refractivity contribution is -0.173. The average Bonchev–Trinajstić information content (AvgIpc) is 2.38. The molecule has 0 radical (unpaired) electrons. The van der Waals surface area contributed by atoms with Gasteiger partial charge in [0.2, 0.25) is 0 Å². The minimum absolute atomic E-state index is 0.136. The fourth-order valence-corrected chi connectivity index (χ4v) is 2.31. The number of alkyl halides is 3. The molecule has 0 atom stereocenters. The molecule has 0 aliphatic heterocycles. The van der Waals surface area contributed by atoms with Gasteiger partial charge in [-0.05, 0) is 42.3 Å². The first-order chi connectivity index (χ1) is 9.25. The van der Waals surface area contributed by atoms with Crippen molar-refractivity contribution in [1.82, 2.24) is 0 Å². The zero-order valence-corrected chi connectivity index (χ0v) is 12.0. The molecule has 0 spiro atoms. The van der Waals surface area contributed by atoms with Crippen LogP contribution in [0.25, 0.3) is 0 Å². The number of benzene rings is 2. The number of rotatable bonds is 2. The molecule has 5 heteroatoms. The lowest BCUT2D eigenvalue weighted by Gasteiger charge is -2.33. The number of hydrogen-bond donors (Lipinski definition) is 0. The second-order valence-electron chi connectivity index (χ2n) is 4.64. The van der Waals surface area contributed by atoms with Crippen LogP contribution in [0.3, 0.4) is 0 Å². The van der Waals surface area contributed by atoms with E-state index in [2.05, 4.69) is 0 Å². The summed E-state index contributed by atoms with van der Waals surface area (Å²) in [7, 11) is 0. The third-order valence-electron chi connectivity index (χ3n) is 3.41. The highest BCUT2D eigenvalue weighted by atomic mass is 35.5. The Hall–Kier alpha value is -1.19. The molecule has 0 saturated carbocycles. The molecule has 2 rings (SSSR count). The molecule has 0 saturated heterocycles. The molecule has 0 N–H and O–H groups in total. The van der Waals surface area contributed by atoms with Gasteiger partial charge in [0.15, 0.2) is 0 Å². The minimum Gasteiger partial charge on any atom is -0.170 e. The second-order valence-corrected chi connectivity index (χ2v) is 5.51. The largest absolute Gasteiger partial charge is 0.402 e. The summed E-state index contributed by atoms with van der Waals surface area (Å²) in [4.78, 5) is 0. The van der Waals surface area contributed by atoms with Crippen molar-refractivity contribution in [3.63, 3.8) is 0 Å². The highest BCUT2D eigenvalue weighted by Gasteiger charge is 2.53. The van der Waals surface area contributed by atoms with E-state index in [0.29, 0.717) is 10.0 Å². The summed E-state index contributed by atoms with van der Waals surface area (Å²) < 4.78 is 40.8. The van der Waals surface area contributed by atoms with Crippen molar-refractivity contribution >= 4 is 23.2 Å². The Morgan fingerprint density at radius 3 is 1.25 bits per heavy atom. The summed E-state index contributed by atoms with van der Waals surface area (Å²) in [6, 6.07) is 11.4. The van der Waals surface area contributed by atoms with Gasteiger partial charge in [-0.3, -0.25) is 0 Å². The monoisotopic (exact) mass is 318 g/mol. The van der Waals surface area contributed by atoms with Gasteiger partial charge in [-0.15, -0.1) is 0 Å². The van der Waals surface area contributed by atoms with Crippen molar-refractivity contribution in [3.8, 4) is 0 Å². The summed E-state index contributed by atoms with van der Waals surface area (Å²) >= 11 is 11.5. The van der Waals surface area contributed by atoms with E-state index >= 15 is 0 Å². The molecule has 0 aromatic heterocycles. The summed E-state index contributed by atoms with van der Waals surface area (Å²) in [6.45, 7) is 1.15. The topological polar surface area (TPSA) is 0 Å². The molecular formula is C15H11Cl2F3. The Bertz CT molecular complexity index is 541. The van der Waals surface area contributed by atoms with Crippen molar-refractivity contribution < 1.29 is 13.2 Å². The Balaban J connectivity index is 2.62. The molecule has 20 heavy (non-hydrogen) atoms. The minimum atomic E-state index is -4.44. The van der Waals surface area contributed by atoms with Gasteiger partial charge in [0.1, 0.15) is 5.41 Å². The van der Waals surface area contributed by atoms with Crippen molar-refractivity contribution in [1.29, 1.82) is 0 Å². The van der Waals surface area contributed by atoms with E-state index in [0.717, 1.165) is 6.92 Å². The van der Waals surface area contributed by atoms with Crippen LogP contribution in [-0.2, 0) is 5.41 Å². The van der Waals surface area contributed by atoms with Gasteiger partial charge in [0.25, 0.3) is 0 Å². The van der Waals surface area contributed by atoms with Crippen molar-refractivity contribution in [2.45, 2.75) is 18.5 Å². The molecule has 0 nitrogen and oxygen atoms in total. The standard InChI is InChI=1S/C15H11Cl2F3/c1-14(15(18,19)20,10-2-6-12(16)7-3-10)11-4-8-13(17)9-5-11/h2-9H,1H3. The van der Waals surface area contributed by atoms with E-state index in [-0.39, 0.29) is 11.1 Å². The summed E-state index contributed by atoms with van der Waals surface area (Å²) in [6.07, 6.45) is -4.44. The van der Waals surface area contributed by atoms with Crippen molar-refractivity contribution in [3.05, 3.63) is 69.7 Å². The van der Waals surface area contributed by atoms with Gasteiger partial charge < -0.3 is 0 Å². The van der Waals surface area contributed by atoms with Gasteiger partial charge in [0, 0.05) is 10.0 Å². The summed E-state index contributed by atoms with van der Waals surface area (Å²) in [5, 5.41) is 0.795. The lowest BCUT2D eigenvalue weighted by atomic mass is 9.75. The molecule has 0 unspecified atom stereocenters. The molecule has 106 valence electrons. The predicted octanol–water partition coefficient (Wildman–Crippen LogP) is 5.86. The van der Waals surface area contributed by atoms with Crippen LogP contribution in [0.1, 0.15) is 18.1 Å². The molecule has 0 aliphatic carbocycles. The maximum Gasteiger partial charge on any atom is 0.402 e. The van der Waals surface area contributed by atoms with Crippen LogP contribution < -0.4 is 0 Å². The second kappa shape index (κ2) is 5.30. The lowest BCUT2D eigenvalue weighted by Crippen LogP contribution is -2.40. The highest BCUT2D eigenvalue weighted by Crippen LogP contribution is 2.46. The summed E-state index contributed by atoms with van der Waals surface area (Å²) in [5.74, 6) is 0. The molecule has 2 aromatic carbocycles. The van der Waals surface area contributed by atoms with E-state index in [1.54, 1.807) is 0 Å². The smallest absolute Gasteiger partial charge is 0.170 e. The van der Waals surface area contributed by atoms with E-state index in [1.807, 2.05) is 0 Å². The first-order valence-electron chi connectivity index (χ1n) is 5.84. The van der Waals surface area contributed by atoms with Crippen LogP contribution in [0.2, 0.25) is 10.0 Å². The number of hydrogen-bond acceptors (Lipinski definition) is 0. The molecule has 0 aliphatic rings. The van der Waals surface area contributed by atoms with Crippen molar-refractivity contribution in [2.75, 3.05) is 0 Å².